The Kier molecular flexibility index (Phi) is 5.82. The minimum Gasteiger partial charge on any atom is -0.313 e. The number of sulfonamides is 1. The molecule has 0 amide bonds. The summed E-state index contributed by atoms with van der Waals surface area (Å²) in [5.74, 6) is 0.504. The molecular weight excluding hydrogens is 352 g/mol. The van der Waals surface area contributed by atoms with Crippen LogP contribution in [-0.2, 0) is 16.6 Å². The first-order valence-electron chi connectivity index (χ1n) is 7.43. The molecule has 1 aromatic carbocycles. The molecule has 4 nitrogen and oxygen atoms in total. The van der Waals surface area contributed by atoms with E-state index in [9.17, 15) is 8.42 Å². The molecule has 1 aliphatic rings. The van der Waals surface area contributed by atoms with E-state index in [1.807, 2.05) is 19.9 Å². The number of benzene rings is 1. The van der Waals surface area contributed by atoms with E-state index >= 15 is 0 Å². The molecule has 21 heavy (non-hydrogen) atoms. The predicted molar refractivity (Wildman–Crippen MR) is 88.8 cm³/mol. The van der Waals surface area contributed by atoms with E-state index in [1.165, 1.54) is 6.42 Å². The summed E-state index contributed by atoms with van der Waals surface area (Å²) in [6, 6.07) is 3.76. The summed E-state index contributed by atoms with van der Waals surface area (Å²) in [4.78, 5) is 0.342. The SMILES string of the molecule is CCNCc1cc(C)c(Br)c(S(=O)(=O)NCC2CCC2)c1. The average Bonchev–Trinajstić information content (AvgIpc) is 2.37. The van der Waals surface area contributed by atoms with Crippen LogP contribution in [0.1, 0.15) is 37.3 Å². The van der Waals surface area contributed by atoms with E-state index in [-0.39, 0.29) is 0 Å². The largest absolute Gasteiger partial charge is 0.313 e. The molecule has 0 spiro atoms. The van der Waals surface area contributed by atoms with Gasteiger partial charge in [0, 0.05) is 17.6 Å². The van der Waals surface area contributed by atoms with Crippen molar-refractivity contribution in [2.24, 2.45) is 5.92 Å². The van der Waals surface area contributed by atoms with Crippen LogP contribution in [0.2, 0.25) is 0 Å². The van der Waals surface area contributed by atoms with Gasteiger partial charge in [-0.3, -0.25) is 0 Å². The first kappa shape index (κ1) is 16.9. The Morgan fingerprint density at radius 2 is 2.05 bits per heavy atom. The van der Waals surface area contributed by atoms with Gasteiger partial charge >= 0.3 is 0 Å². The van der Waals surface area contributed by atoms with Crippen molar-refractivity contribution in [3.8, 4) is 0 Å². The lowest BCUT2D eigenvalue weighted by Crippen LogP contribution is -2.32. The molecule has 0 heterocycles. The molecule has 0 aliphatic heterocycles. The molecule has 1 aliphatic carbocycles. The fourth-order valence-electron chi connectivity index (χ4n) is 2.38. The van der Waals surface area contributed by atoms with Crippen LogP contribution in [0.5, 0.6) is 0 Å². The van der Waals surface area contributed by atoms with E-state index in [1.54, 1.807) is 6.07 Å². The van der Waals surface area contributed by atoms with Crippen LogP contribution in [0, 0.1) is 12.8 Å². The molecule has 1 aromatic rings. The van der Waals surface area contributed by atoms with Gasteiger partial charge in [-0.2, -0.15) is 0 Å². The molecule has 2 N–H and O–H groups in total. The third kappa shape index (κ3) is 4.28. The lowest BCUT2D eigenvalue weighted by Gasteiger charge is -2.25. The number of rotatable bonds is 7. The van der Waals surface area contributed by atoms with Crippen LogP contribution in [-0.4, -0.2) is 21.5 Å². The molecule has 0 unspecified atom stereocenters. The van der Waals surface area contributed by atoms with Gasteiger partial charge in [0.15, 0.2) is 0 Å². The summed E-state index contributed by atoms with van der Waals surface area (Å²) in [7, 11) is -3.46. The van der Waals surface area contributed by atoms with Gasteiger partial charge in [0.1, 0.15) is 0 Å². The van der Waals surface area contributed by atoms with Crippen molar-refractivity contribution in [3.05, 3.63) is 27.7 Å². The molecule has 0 saturated heterocycles. The summed E-state index contributed by atoms with van der Waals surface area (Å²) < 4.78 is 28.4. The second kappa shape index (κ2) is 7.22. The monoisotopic (exact) mass is 374 g/mol. The van der Waals surface area contributed by atoms with Crippen LogP contribution in [0.15, 0.2) is 21.5 Å². The van der Waals surface area contributed by atoms with Crippen molar-refractivity contribution in [2.75, 3.05) is 13.1 Å². The van der Waals surface area contributed by atoms with Gasteiger partial charge in [-0.25, -0.2) is 13.1 Å². The van der Waals surface area contributed by atoms with Crippen molar-refractivity contribution in [1.29, 1.82) is 0 Å². The van der Waals surface area contributed by atoms with Crippen LogP contribution < -0.4 is 10.0 Å². The molecule has 118 valence electrons. The Balaban J connectivity index is 2.20. The van der Waals surface area contributed by atoms with E-state index in [0.717, 1.165) is 30.5 Å². The Hall–Kier alpha value is -0.430. The molecule has 2 rings (SSSR count). The third-order valence-corrected chi connectivity index (χ3v) is 6.70. The molecule has 6 heteroatoms. The molecule has 1 fully saturated rings. The quantitative estimate of drug-likeness (QED) is 0.771. The predicted octanol–water partition coefficient (Wildman–Crippen LogP) is 2.95. The average molecular weight is 375 g/mol. The Morgan fingerprint density at radius 1 is 1.33 bits per heavy atom. The molecule has 0 atom stereocenters. The topological polar surface area (TPSA) is 58.2 Å². The zero-order valence-corrected chi connectivity index (χ0v) is 15.0. The van der Waals surface area contributed by atoms with E-state index in [0.29, 0.717) is 28.4 Å². The van der Waals surface area contributed by atoms with Gasteiger partial charge in [-0.15, -0.1) is 0 Å². The third-order valence-electron chi connectivity index (χ3n) is 3.94. The Morgan fingerprint density at radius 3 is 2.62 bits per heavy atom. The van der Waals surface area contributed by atoms with Crippen LogP contribution in [0.4, 0.5) is 0 Å². The Bertz CT molecular complexity index is 598. The lowest BCUT2D eigenvalue weighted by molar-refractivity contribution is 0.316. The fraction of sp³-hybridized carbons (Fsp3) is 0.600. The van der Waals surface area contributed by atoms with Gasteiger partial charge in [-0.1, -0.05) is 19.4 Å². The summed E-state index contributed by atoms with van der Waals surface area (Å²) in [6.45, 7) is 6.03. The van der Waals surface area contributed by atoms with Crippen molar-refractivity contribution >= 4 is 26.0 Å². The molecule has 0 bridgehead atoms. The van der Waals surface area contributed by atoms with Crippen LogP contribution in [0.3, 0.4) is 0 Å². The maximum atomic E-state index is 12.5. The lowest BCUT2D eigenvalue weighted by atomic mass is 9.86. The normalized spacial score (nSPS) is 16.0. The minimum absolute atomic E-state index is 0.342. The second-order valence-electron chi connectivity index (χ2n) is 5.65. The maximum absolute atomic E-state index is 12.5. The van der Waals surface area contributed by atoms with Crippen molar-refractivity contribution in [3.63, 3.8) is 0 Å². The van der Waals surface area contributed by atoms with Crippen molar-refractivity contribution in [2.45, 2.75) is 44.6 Å². The minimum atomic E-state index is -3.46. The molecule has 0 radical (unpaired) electrons. The summed E-state index contributed by atoms with van der Waals surface area (Å²) in [5.41, 5.74) is 1.93. The first-order valence-corrected chi connectivity index (χ1v) is 9.71. The summed E-state index contributed by atoms with van der Waals surface area (Å²) in [5, 5.41) is 3.23. The van der Waals surface area contributed by atoms with Crippen molar-refractivity contribution in [1.82, 2.24) is 10.0 Å². The van der Waals surface area contributed by atoms with Gasteiger partial charge in [0.25, 0.3) is 0 Å². The van der Waals surface area contributed by atoms with Gasteiger partial charge in [-0.05, 0) is 65.4 Å². The number of halogens is 1. The fourth-order valence-corrected chi connectivity index (χ4v) is 4.56. The highest BCUT2D eigenvalue weighted by Gasteiger charge is 2.23. The van der Waals surface area contributed by atoms with E-state index in [4.69, 9.17) is 0 Å². The number of hydrogen-bond donors (Lipinski definition) is 2. The van der Waals surface area contributed by atoms with Gasteiger partial charge in [0.2, 0.25) is 10.0 Å². The molecule has 0 aromatic heterocycles. The zero-order valence-electron chi connectivity index (χ0n) is 12.6. The molecule has 1 saturated carbocycles. The highest BCUT2D eigenvalue weighted by molar-refractivity contribution is 9.10. The first-order chi connectivity index (χ1) is 9.94. The van der Waals surface area contributed by atoms with Crippen molar-refractivity contribution < 1.29 is 8.42 Å². The highest BCUT2D eigenvalue weighted by Crippen LogP contribution is 2.29. The zero-order chi connectivity index (χ0) is 15.5. The van der Waals surface area contributed by atoms with Crippen LogP contribution in [0.25, 0.3) is 0 Å². The Labute approximate surface area is 135 Å². The number of aryl methyl sites for hydroxylation is 1. The number of hydrogen-bond acceptors (Lipinski definition) is 3. The molecular formula is C15H23BrN2O2S. The van der Waals surface area contributed by atoms with Crippen LogP contribution >= 0.6 is 15.9 Å². The van der Waals surface area contributed by atoms with E-state index < -0.39 is 10.0 Å². The standard InChI is InChI=1S/C15H23BrN2O2S/c1-3-17-9-13-7-11(2)15(16)14(8-13)21(19,20)18-10-12-5-4-6-12/h7-8,12,17-18H,3-6,9-10H2,1-2H3. The second-order valence-corrected chi connectivity index (χ2v) is 8.18. The maximum Gasteiger partial charge on any atom is 0.241 e. The van der Waals surface area contributed by atoms with Gasteiger partial charge < -0.3 is 5.32 Å². The number of nitrogens with one attached hydrogen (secondary N) is 2. The highest BCUT2D eigenvalue weighted by atomic mass is 79.9. The summed E-state index contributed by atoms with van der Waals surface area (Å²) in [6.07, 6.45) is 3.47. The summed E-state index contributed by atoms with van der Waals surface area (Å²) >= 11 is 3.42. The van der Waals surface area contributed by atoms with Gasteiger partial charge in [0.05, 0.1) is 4.90 Å². The smallest absolute Gasteiger partial charge is 0.241 e. The van der Waals surface area contributed by atoms with E-state index in [2.05, 4.69) is 26.0 Å².